The molecule has 0 aliphatic heterocycles. The second-order valence-electron chi connectivity index (χ2n) is 7.69. The van der Waals surface area contributed by atoms with Crippen LogP contribution in [0, 0.1) is 18.8 Å². The van der Waals surface area contributed by atoms with Crippen molar-refractivity contribution in [1.82, 2.24) is 15.1 Å². The van der Waals surface area contributed by atoms with E-state index in [1.807, 2.05) is 31.2 Å². The lowest BCUT2D eigenvalue weighted by molar-refractivity contribution is 0.0755. The number of fused-ring (bicyclic) bond motifs is 2. The van der Waals surface area contributed by atoms with Gasteiger partial charge in [-0.05, 0) is 56.6 Å². The van der Waals surface area contributed by atoms with Crippen LogP contribution >= 0.6 is 11.6 Å². The summed E-state index contributed by atoms with van der Waals surface area (Å²) in [7, 11) is 0. The topological polar surface area (TPSA) is 72.9 Å². The van der Waals surface area contributed by atoms with Crippen molar-refractivity contribution in [3.05, 3.63) is 46.7 Å². The first-order valence-corrected chi connectivity index (χ1v) is 9.78. The number of hydrogen-bond acceptors (Lipinski definition) is 3. The number of rotatable bonds is 3. The Morgan fingerprint density at radius 3 is 2.65 bits per heavy atom. The second-order valence-corrected chi connectivity index (χ2v) is 8.10. The van der Waals surface area contributed by atoms with E-state index in [0.717, 1.165) is 37.1 Å². The Labute approximate surface area is 158 Å². The number of carbonyl (C=O) groups excluding carboxylic acids is 1. The summed E-state index contributed by atoms with van der Waals surface area (Å²) >= 11 is 6.28. The Hall–Kier alpha value is -1.85. The van der Waals surface area contributed by atoms with Crippen LogP contribution in [0.5, 0.6) is 0 Å². The van der Waals surface area contributed by atoms with Gasteiger partial charge in [-0.15, -0.1) is 0 Å². The van der Waals surface area contributed by atoms with Gasteiger partial charge in [0.2, 0.25) is 0 Å². The number of hydrogen-bond donors (Lipinski definition) is 2. The van der Waals surface area contributed by atoms with Gasteiger partial charge in [-0.2, -0.15) is 5.10 Å². The van der Waals surface area contributed by atoms with Gasteiger partial charge in [0.15, 0.2) is 0 Å². The average molecular weight is 373 g/mol. The van der Waals surface area contributed by atoms with Gasteiger partial charge in [0.25, 0.3) is 5.91 Å². The van der Waals surface area contributed by atoms with E-state index in [-0.39, 0.29) is 18.0 Å². The van der Waals surface area contributed by atoms with Gasteiger partial charge < -0.3 is 11.1 Å². The maximum Gasteiger partial charge on any atom is 0.254 e. The molecule has 2 aliphatic carbocycles. The fourth-order valence-corrected chi connectivity index (χ4v) is 4.97. The Bertz CT molecular complexity index is 804. The van der Waals surface area contributed by atoms with Crippen LogP contribution in [0.2, 0.25) is 5.02 Å². The molecule has 3 N–H and O–H groups in total. The predicted molar refractivity (Wildman–Crippen MR) is 103 cm³/mol. The number of halogens is 1. The van der Waals surface area contributed by atoms with E-state index >= 15 is 0 Å². The zero-order valence-corrected chi connectivity index (χ0v) is 15.7. The molecule has 1 aromatic heterocycles. The Balaban J connectivity index is 1.55. The first-order valence-electron chi connectivity index (χ1n) is 9.40. The lowest BCUT2D eigenvalue weighted by Gasteiger charge is -2.45. The minimum Gasteiger partial charge on any atom is -0.349 e. The van der Waals surface area contributed by atoms with Crippen LogP contribution in [-0.4, -0.2) is 27.8 Å². The molecule has 1 amide bonds. The fraction of sp³-hybridized carbons (Fsp3) is 0.500. The molecular formula is C20H25ClN4O. The lowest BCUT2D eigenvalue weighted by Crippen LogP contribution is -2.53. The standard InChI is InChI=1S/C20H25ClN4O/c1-12-16(11-23-25(12)18-8-3-2-7-17(18)21)20(26)24-19-13-5-4-6-14(19)10-15(22)9-13/h2-3,7-8,11,13-15,19H,4-6,9-10,22H2,1H3,(H,24,26). The van der Waals surface area contributed by atoms with E-state index in [1.165, 1.54) is 6.42 Å². The summed E-state index contributed by atoms with van der Waals surface area (Å²) in [5.41, 5.74) is 8.39. The number of nitrogens with one attached hydrogen (secondary N) is 1. The van der Waals surface area contributed by atoms with Crippen LogP contribution in [0.1, 0.15) is 48.2 Å². The highest BCUT2D eigenvalue weighted by atomic mass is 35.5. The number of nitrogens with zero attached hydrogens (tertiary/aromatic N) is 2. The molecule has 6 heteroatoms. The van der Waals surface area contributed by atoms with Crippen LogP contribution in [-0.2, 0) is 0 Å². The van der Waals surface area contributed by atoms with E-state index in [1.54, 1.807) is 10.9 Å². The normalized spacial score (nSPS) is 28.0. The summed E-state index contributed by atoms with van der Waals surface area (Å²) in [6, 6.07) is 8.03. The number of amides is 1. The fourth-order valence-electron chi connectivity index (χ4n) is 4.75. The third-order valence-corrected chi connectivity index (χ3v) is 6.33. The molecule has 2 bridgehead atoms. The zero-order chi connectivity index (χ0) is 18.3. The molecule has 2 fully saturated rings. The van der Waals surface area contributed by atoms with Gasteiger partial charge >= 0.3 is 0 Å². The second kappa shape index (κ2) is 7.05. The Kier molecular flexibility index (Phi) is 4.76. The summed E-state index contributed by atoms with van der Waals surface area (Å²) in [6.45, 7) is 1.91. The van der Waals surface area contributed by atoms with Crippen molar-refractivity contribution in [3.8, 4) is 5.69 Å². The molecule has 5 nitrogen and oxygen atoms in total. The summed E-state index contributed by atoms with van der Waals surface area (Å²) in [6.07, 6.45) is 7.23. The monoisotopic (exact) mass is 372 g/mol. The molecule has 0 saturated heterocycles. The molecule has 2 atom stereocenters. The SMILES string of the molecule is Cc1c(C(=O)NC2C3CCCC2CC(N)C3)cnn1-c1ccccc1Cl. The quantitative estimate of drug-likeness (QED) is 0.866. The summed E-state index contributed by atoms with van der Waals surface area (Å²) < 4.78 is 1.73. The Morgan fingerprint density at radius 1 is 1.27 bits per heavy atom. The van der Waals surface area contributed by atoms with E-state index in [2.05, 4.69) is 10.4 Å². The highest BCUT2D eigenvalue weighted by Crippen LogP contribution is 2.39. The lowest BCUT2D eigenvalue weighted by atomic mass is 9.67. The van der Waals surface area contributed by atoms with Crippen LogP contribution in [0.3, 0.4) is 0 Å². The summed E-state index contributed by atoms with van der Waals surface area (Å²) in [5, 5.41) is 8.31. The molecule has 138 valence electrons. The van der Waals surface area contributed by atoms with Crippen molar-refractivity contribution < 1.29 is 4.79 Å². The van der Waals surface area contributed by atoms with Crippen LogP contribution in [0.25, 0.3) is 5.69 Å². The van der Waals surface area contributed by atoms with Gasteiger partial charge in [0, 0.05) is 12.1 Å². The molecule has 1 heterocycles. The molecule has 4 rings (SSSR count). The zero-order valence-electron chi connectivity index (χ0n) is 15.0. The van der Waals surface area contributed by atoms with Crippen LogP contribution in [0.15, 0.2) is 30.5 Å². The van der Waals surface area contributed by atoms with E-state index in [4.69, 9.17) is 17.3 Å². The van der Waals surface area contributed by atoms with Crippen LogP contribution < -0.4 is 11.1 Å². The number of benzene rings is 1. The first-order chi connectivity index (χ1) is 12.5. The third-order valence-electron chi connectivity index (χ3n) is 6.01. The summed E-state index contributed by atoms with van der Waals surface area (Å²) in [5.74, 6) is 0.957. The van der Waals surface area contributed by atoms with Gasteiger partial charge in [-0.1, -0.05) is 30.2 Å². The largest absolute Gasteiger partial charge is 0.349 e. The van der Waals surface area contributed by atoms with Gasteiger partial charge in [-0.25, -0.2) is 4.68 Å². The third kappa shape index (κ3) is 3.14. The highest BCUT2D eigenvalue weighted by molar-refractivity contribution is 6.32. The number of carbonyl (C=O) groups is 1. The minimum absolute atomic E-state index is 0.0434. The Morgan fingerprint density at radius 2 is 1.96 bits per heavy atom. The number of aromatic nitrogens is 2. The van der Waals surface area contributed by atoms with Crippen LogP contribution in [0.4, 0.5) is 0 Å². The molecular weight excluding hydrogens is 348 g/mol. The van der Waals surface area contributed by atoms with Crippen molar-refractivity contribution in [2.24, 2.45) is 17.6 Å². The van der Waals surface area contributed by atoms with Crippen molar-refractivity contribution in [3.63, 3.8) is 0 Å². The molecule has 26 heavy (non-hydrogen) atoms. The number of para-hydroxylation sites is 1. The molecule has 2 aromatic rings. The maximum absolute atomic E-state index is 12.9. The highest BCUT2D eigenvalue weighted by Gasteiger charge is 2.40. The van der Waals surface area contributed by atoms with E-state index in [9.17, 15) is 4.79 Å². The van der Waals surface area contributed by atoms with Crippen molar-refractivity contribution >= 4 is 17.5 Å². The number of nitrogens with two attached hydrogens (primary N) is 1. The average Bonchev–Trinajstić information content (AvgIpc) is 2.97. The molecule has 2 aliphatic rings. The molecule has 0 spiro atoms. The molecule has 1 aromatic carbocycles. The van der Waals surface area contributed by atoms with E-state index in [0.29, 0.717) is 22.4 Å². The van der Waals surface area contributed by atoms with E-state index < -0.39 is 0 Å². The van der Waals surface area contributed by atoms with Gasteiger partial charge in [0.1, 0.15) is 0 Å². The molecule has 2 unspecified atom stereocenters. The molecule has 0 radical (unpaired) electrons. The first kappa shape index (κ1) is 17.6. The van der Waals surface area contributed by atoms with Gasteiger partial charge in [-0.3, -0.25) is 4.79 Å². The van der Waals surface area contributed by atoms with Crippen molar-refractivity contribution in [2.75, 3.05) is 0 Å². The smallest absolute Gasteiger partial charge is 0.254 e. The molecule has 2 saturated carbocycles. The maximum atomic E-state index is 12.9. The minimum atomic E-state index is -0.0434. The van der Waals surface area contributed by atoms with Gasteiger partial charge in [0.05, 0.1) is 28.2 Å². The van der Waals surface area contributed by atoms with Crippen molar-refractivity contribution in [2.45, 2.75) is 51.1 Å². The van der Waals surface area contributed by atoms with Crippen molar-refractivity contribution in [1.29, 1.82) is 0 Å². The summed E-state index contributed by atoms with van der Waals surface area (Å²) in [4.78, 5) is 12.9. The predicted octanol–water partition coefficient (Wildman–Crippen LogP) is 3.47.